The van der Waals surface area contributed by atoms with Crippen molar-refractivity contribution < 1.29 is 13.9 Å². The number of nitrogens with zero attached hydrogens (tertiary/aromatic N) is 2. The Morgan fingerprint density at radius 3 is 2.59 bits per heavy atom. The lowest BCUT2D eigenvalue weighted by Gasteiger charge is -2.24. The molecule has 0 saturated carbocycles. The fourth-order valence-electron chi connectivity index (χ4n) is 2.98. The molecule has 1 aromatic carbocycles. The molecule has 0 spiro atoms. The number of nitrogen functional groups attached to an aromatic ring is 1. The molecule has 9 heteroatoms. The van der Waals surface area contributed by atoms with E-state index in [0.717, 1.165) is 5.56 Å². The second-order valence-corrected chi connectivity index (χ2v) is 6.45. The summed E-state index contributed by atoms with van der Waals surface area (Å²) in [6.07, 6.45) is 1.40. The third kappa shape index (κ3) is 4.14. The van der Waals surface area contributed by atoms with Crippen molar-refractivity contribution in [2.45, 2.75) is 20.0 Å². The van der Waals surface area contributed by atoms with Crippen molar-refractivity contribution in [3.05, 3.63) is 80.4 Å². The highest BCUT2D eigenvalue weighted by atomic mass is 16.5. The molecule has 152 valence electrons. The van der Waals surface area contributed by atoms with Crippen LogP contribution in [0.5, 0.6) is 0 Å². The topological polar surface area (TPSA) is 124 Å². The van der Waals surface area contributed by atoms with Gasteiger partial charge in [0.25, 0.3) is 11.5 Å². The summed E-state index contributed by atoms with van der Waals surface area (Å²) < 4.78 is 11.5. The van der Waals surface area contributed by atoms with Gasteiger partial charge >= 0.3 is 5.69 Å². The largest absolute Gasteiger partial charge is 0.459 e. The SMILES string of the molecule is COCCn1c(N)c(N(Cc2ccccc2)C(=O)c2occc2C)c(=O)[nH]c1=O. The summed E-state index contributed by atoms with van der Waals surface area (Å²) in [6.45, 7) is 2.12. The number of methoxy groups -OCH3 is 1. The number of nitrogens with two attached hydrogens (primary N) is 1. The molecule has 29 heavy (non-hydrogen) atoms. The van der Waals surface area contributed by atoms with Crippen LogP contribution in [-0.2, 0) is 17.8 Å². The highest BCUT2D eigenvalue weighted by Gasteiger charge is 2.28. The Labute approximate surface area is 166 Å². The van der Waals surface area contributed by atoms with Gasteiger partial charge in [0.05, 0.1) is 26.0 Å². The number of carbonyl (C=O) groups is 1. The monoisotopic (exact) mass is 398 g/mol. The van der Waals surface area contributed by atoms with Crippen molar-refractivity contribution in [3.63, 3.8) is 0 Å². The van der Waals surface area contributed by atoms with Crippen molar-refractivity contribution in [2.75, 3.05) is 24.4 Å². The lowest BCUT2D eigenvalue weighted by Crippen LogP contribution is -2.41. The van der Waals surface area contributed by atoms with E-state index in [1.807, 2.05) is 30.3 Å². The van der Waals surface area contributed by atoms with Gasteiger partial charge in [-0.05, 0) is 18.6 Å². The highest BCUT2D eigenvalue weighted by molar-refractivity contribution is 6.06. The number of ether oxygens (including phenoxy) is 1. The average molecular weight is 398 g/mol. The van der Waals surface area contributed by atoms with Crippen LogP contribution in [0.3, 0.4) is 0 Å². The molecule has 1 amide bonds. The Bertz CT molecular complexity index is 1110. The van der Waals surface area contributed by atoms with Gasteiger partial charge in [0.15, 0.2) is 11.4 Å². The molecule has 0 radical (unpaired) electrons. The summed E-state index contributed by atoms with van der Waals surface area (Å²) in [4.78, 5) is 41.6. The Hall–Kier alpha value is -3.59. The molecule has 0 aliphatic heterocycles. The van der Waals surface area contributed by atoms with Gasteiger partial charge in [0.1, 0.15) is 5.82 Å². The minimum absolute atomic E-state index is 0.0651. The zero-order valence-corrected chi connectivity index (χ0v) is 16.2. The Kier molecular flexibility index (Phi) is 5.99. The molecule has 0 saturated heterocycles. The number of carbonyl (C=O) groups excluding carboxylic acids is 1. The minimum atomic E-state index is -0.755. The number of aryl methyl sites for hydroxylation is 1. The minimum Gasteiger partial charge on any atom is -0.459 e. The first-order valence-corrected chi connectivity index (χ1v) is 8.95. The smallest absolute Gasteiger partial charge is 0.330 e. The molecule has 0 atom stereocenters. The van der Waals surface area contributed by atoms with Gasteiger partial charge in [-0.3, -0.25) is 24.0 Å². The van der Waals surface area contributed by atoms with E-state index in [-0.39, 0.29) is 37.0 Å². The number of hydrogen-bond donors (Lipinski definition) is 2. The molecule has 2 heterocycles. The Morgan fingerprint density at radius 1 is 1.24 bits per heavy atom. The van der Waals surface area contributed by atoms with Crippen LogP contribution in [0.15, 0.2) is 56.7 Å². The molecule has 3 N–H and O–H groups in total. The van der Waals surface area contributed by atoms with Crippen LogP contribution in [0.4, 0.5) is 11.5 Å². The lowest BCUT2D eigenvalue weighted by molar-refractivity contribution is 0.0957. The summed E-state index contributed by atoms with van der Waals surface area (Å²) in [6, 6.07) is 10.8. The summed E-state index contributed by atoms with van der Waals surface area (Å²) in [7, 11) is 1.48. The Balaban J connectivity index is 2.16. The first-order valence-electron chi connectivity index (χ1n) is 8.95. The number of benzene rings is 1. The van der Waals surface area contributed by atoms with Crippen LogP contribution < -0.4 is 21.9 Å². The van der Waals surface area contributed by atoms with Crippen LogP contribution in [-0.4, -0.2) is 29.2 Å². The third-order valence-corrected chi connectivity index (χ3v) is 4.49. The van der Waals surface area contributed by atoms with E-state index in [4.69, 9.17) is 14.9 Å². The molecule has 2 aromatic heterocycles. The molecule has 0 bridgehead atoms. The maximum atomic E-state index is 13.3. The second kappa shape index (κ2) is 8.61. The van der Waals surface area contributed by atoms with E-state index in [1.54, 1.807) is 13.0 Å². The molecule has 3 aromatic rings. The van der Waals surface area contributed by atoms with E-state index in [0.29, 0.717) is 5.56 Å². The second-order valence-electron chi connectivity index (χ2n) is 6.45. The number of amides is 1. The maximum absolute atomic E-state index is 13.3. The van der Waals surface area contributed by atoms with Gasteiger partial charge in [-0.2, -0.15) is 0 Å². The first-order chi connectivity index (χ1) is 13.9. The maximum Gasteiger partial charge on any atom is 0.330 e. The fourth-order valence-corrected chi connectivity index (χ4v) is 2.98. The van der Waals surface area contributed by atoms with Gasteiger partial charge in [-0.1, -0.05) is 30.3 Å². The van der Waals surface area contributed by atoms with E-state index in [2.05, 4.69) is 4.98 Å². The molecular weight excluding hydrogens is 376 g/mol. The van der Waals surface area contributed by atoms with Crippen LogP contribution >= 0.6 is 0 Å². The van der Waals surface area contributed by atoms with Gasteiger partial charge in [-0.15, -0.1) is 0 Å². The summed E-state index contributed by atoms with van der Waals surface area (Å²) in [5, 5.41) is 0. The average Bonchev–Trinajstić information content (AvgIpc) is 3.13. The number of nitrogens with one attached hydrogen (secondary N) is 1. The molecular formula is C20H22N4O5. The Morgan fingerprint density at radius 2 is 1.97 bits per heavy atom. The van der Waals surface area contributed by atoms with Crippen molar-refractivity contribution in [1.29, 1.82) is 0 Å². The number of aromatic amines is 1. The van der Waals surface area contributed by atoms with Crippen molar-refractivity contribution in [2.24, 2.45) is 0 Å². The van der Waals surface area contributed by atoms with Crippen molar-refractivity contribution in [1.82, 2.24) is 9.55 Å². The van der Waals surface area contributed by atoms with E-state index in [9.17, 15) is 14.4 Å². The summed E-state index contributed by atoms with van der Waals surface area (Å²) >= 11 is 0. The number of anilines is 2. The van der Waals surface area contributed by atoms with Crippen LogP contribution in [0, 0.1) is 6.92 Å². The zero-order valence-electron chi connectivity index (χ0n) is 16.2. The van der Waals surface area contributed by atoms with Crippen LogP contribution in [0.25, 0.3) is 0 Å². The van der Waals surface area contributed by atoms with E-state index >= 15 is 0 Å². The summed E-state index contributed by atoms with van der Waals surface area (Å²) in [5.41, 5.74) is 6.02. The number of furan rings is 1. The van der Waals surface area contributed by atoms with Gasteiger partial charge < -0.3 is 14.9 Å². The standard InChI is InChI=1S/C20H22N4O5/c1-13-8-10-29-16(13)19(26)24(12-14-6-4-3-5-7-14)15-17(21)23(9-11-28-2)20(27)22-18(15)25/h3-8,10H,9,11-12,21H2,1-2H3,(H,22,25,27). The van der Waals surface area contributed by atoms with Gasteiger partial charge in [-0.25, -0.2) is 4.79 Å². The van der Waals surface area contributed by atoms with E-state index in [1.165, 1.54) is 22.8 Å². The number of hydrogen-bond acceptors (Lipinski definition) is 6. The van der Waals surface area contributed by atoms with Gasteiger partial charge in [0.2, 0.25) is 0 Å². The molecule has 0 aliphatic rings. The normalized spacial score (nSPS) is 10.8. The van der Waals surface area contributed by atoms with Crippen molar-refractivity contribution >= 4 is 17.4 Å². The van der Waals surface area contributed by atoms with Crippen LogP contribution in [0.1, 0.15) is 21.7 Å². The lowest BCUT2D eigenvalue weighted by atomic mass is 10.1. The molecule has 3 rings (SSSR count). The third-order valence-electron chi connectivity index (χ3n) is 4.49. The predicted octanol–water partition coefficient (Wildman–Crippen LogP) is 1.51. The number of aromatic nitrogens is 2. The molecule has 0 unspecified atom stereocenters. The fraction of sp³-hybridized carbons (Fsp3) is 0.250. The molecule has 9 nitrogen and oxygen atoms in total. The van der Waals surface area contributed by atoms with Crippen molar-refractivity contribution in [3.8, 4) is 0 Å². The van der Waals surface area contributed by atoms with E-state index < -0.39 is 17.2 Å². The molecule has 0 fully saturated rings. The predicted molar refractivity (Wildman–Crippen MR) is 108 cm³/mol. The summed E-state index contributed by atoms with van der Waals surface area (Å²) in [5.74, 6) is -0.566. The van der Waals surface area contributed by atoms with Gasteiger partial charge in [0, 0.05) is 12.7 Å². The first kappa shape index (κ1) is 20.2. The number of H-pyrrole nitrogens is 1. The zero-order chi connectivity index (χ0) is 21.0. The highest BCUT2D eigenvalue weighted by Crippen LogP contribution is 2.23. The quantitative estimate of drug-likeness (QED) is 0.622. The van der Waals surface area contributed by atoms with Crippen LogP contribution in [0.2, 0.25) is 0 Å². The number of rotatable bonds is 7. The molecule has 0 aliphatic carbocycles.